The van der Waals surface area contributed by atoms with Gasteiger partial charge in [0.1, 0.15) is 11.2 Å². The van der Waals surface area contributed by atoms with Gasteiger partial charge in [-0.15, -0.1) is 0 Å². The molecule has 2 heteroatoms. The highest BCUT2D eigenvalue weighted by molar-refractivity contribution is 6.12. The van der Waals surface area contributed by atoms with E-state index in [9.17, 15) is 0 Å². The van der Waals surface area contributed by atoms with Crippen molar-refractivity contribution in [1.82, 2.24) is 0 Å². The molecule has 308 valence electrons. The molecule has 0 saturated carbocycles. The number of allylic oxidation sites excluding steroid dienone is 2. The van der Waals surface area contributed by atoms with Crippen LogP contribution >= 0.6 is 0 Å². The van der Waals surface area contributed by atoms with Crippen LogP contribution in [-0.2, 0) is 0 Å². The van der Waals surface area contributed by atoms with Crippen LogP contribution in [0, 0.1) is 0 Å². The number of para-hydroxylation sites is 1. The van der Waals surface area contributed by atoms with Gasteiger partial charge in [-0.2, -0.15) is 0 Å². The van der Waals surface area contributed by atoms with Crippen LogP contribution in [0.4, 0.5) is 11.4 Å². The maximum atomic E-state index is 6.30. The molecule has 0 fully saturated rings. The third kappa shape index (κ3) is 7.39. The second-order valence-electron chi connectivity index (χ2n) is 17.2. The van der Waals surface area contributed by atoms with E-state index in [1.807, 2.05) is 6.07 Å². The smallest absolute Gasteiger partial charge is 0.136 e. The lowest BCUT2D eigenvalue weighted by atomic mass is 9.88. The quantitative estimate of drug-likeness (QED) is 0.144. The molecule has 0 saturated heterocycles. The highest BCUT2D eigenvalue weighted by Gasteiger charge is 2.21. The van der Waals surface area contributed by atoms with Gasteiger partial charge in [0.05, 0.1) is 0 Å². The van der Waals surface area contributed by atoms with Crippen LogP contribution < -0.4 is 4.90 Å². The van der Waals surface area contributed by atoms with Crippen LogP contribution in [0.3, 0.4) is 0 Å². The zero-order valence-corrected chi connectivity index (χ0v) is 35.9. The van der Waals surface area contributed by atoms with Crippen molar-refractivity contribution in [3.8, 4) is 44.5 Å². The van der Waals surface area contributed by atoms with Gasteiger partial charge in [-0.25, -0.2) is 0 Å². The van der Waals surface area contributed by atoms with Crippen molar-refractivity contribution in [2.75, 3.05) is 11.4 Å². The maximum absolute atomic E-state index is 6.30. The lowest BCUT2D eigenvalue weighted by molar-refractivity contribution is 0.669. The van der Waals surface area contributed by atoms with Gasteiger partial charge >= 0.3 is 0 Å². The summed E-state index contributed by atoms with van der Waals surface area (Å²) >= 11 is 0. The molecule has 1 unspecified atom stereocenters. The number of hydrogen-bond donors (Lipinski definition) is 0. The number of rotatable bonds is 9. The van der Waals surface area contributed by atoms with Crippen molar-refractivity contribution < 1.29 is 4.42 Å². The van der Waals surface area contributed by atoms with E-state index < -0.39 is 0 Å². The van der Waals surface area contributed by atoms with Crippen LogP contribution in [0.2, 0.25) is 0 Å². The van der Waals surface area contributed by atoms with Crippen molar-refractivity contribution in [1.29, 1.82) is 0 Å². The Kier molecular flexibility index (Phi) is 9.76. The van der Waals surface area contributed by atoms with Gasteiger partial charge in [0.15, 0.2) is 0 Å². The first-order valence-electron chi connectivity index (χ1n) is 22.6. The lowest BCUT2D eigenvalue weighted by Crippen LogP contribution is -2.21. The predicted molar refractivity (Wildman–Crippen MR) is 275 cm³/mol. The minimum atomic E-state index is 0.296. The molecule has 12 rings (SSSR count). The van der Waals surface area contributed by atoms with E-state index >= 15 is 0 Å². The van der Waals surface area contributed by atoms with Gasteiger partial charge in [0.2, 0.25) is 0 Å². The third-order valence-corrected chi connectivity index (χ3v) is 13.3. The Morgan fingerprint density at radius 2 is 1.02 bits per heavy atom. The average molecular weight is 832 g/mol. The SMILES string of the molecule is C1=CC(c2cccc(-c3ccc4ccccc4c3)c2)CC=C1CN(c1ccc(-c2cccc3oc4ccccc4c23)cc1)c1cc(-c2ccc3ccccc3c2)ccc1-c1ccccc1. The van der Waals surface area contributed by atoms with Gasteiger partial charge in [-0.3, -0.25) is 0 Å². The lowest BCUT2D eigenvalue weighted by Gasteiger charge is -2.30. The van der Waals surface area contributed by atoms with Gasteiger partial charge in [-0.1, -0.05) is 200 Å². The largest absolute Gasteiger partial charge is 0.456 e. The van der Waals surface area contributed by atoms with Crippen molar-refractivity contribution in [3.63, 3.8) is 0 Å². The molecule has 11 aromatic rings. The first kappa shape index (κ1) is 38.5. The summed E-state index contributed by atoms with van der Waals surface area (Å²) in [4.78, 5) is 2.52. The number of fused-ring (bicyclic) bond motifs is 5. The van der Waals surface area contributed by atoms with Crippen molar-refractivity contribution in [2.24, 2.45) is 0 Å². The number of anilines is 2. The highest BCUT2D eigenvalue weighted by Crippen LogP contribution is 2.42. The second-order valence-corrected chi connectivity index (χ2v) is 17.2. The summed E-state index contributed by atoms with van der Waals surface area (Å²) in [7, 11) is 0. The molecular weight excluding hydrogens is 787 g/mol. The molecule has 0 spiro atoms. The summed E-state index contributed by atoms with van der Waals surface area (Å²) < 4.78 is 6.30. The molecule has 0 amide bonds. The van der Waals surface area contributed by atoms with Crippen LogP contribution in [0.15, 0.2) is 253 Å². The normalized spacial score (nSPS) is 13.7. The Morgan fingerprint density at radius 1 is 0.431 bits per heavy atom. The maximum Gasteiger partial charge on any atom is 0.136 e. The molecule has 0 bridgehead atoms. The van der Waals surface area contributed by atoms with E-state index in [4.69, 9.17) is 4.42 Å². The highest BCUT2D eigenvalue weighted by atomic mass is 16.3. The Balaban J connectivity index is 0.932. The molecule has 0 aliphatic heterocycles. The Hall–Kier alpha value is -8.20. The number of furan rings is 1. The molecule has 65 heavy (non-hydrogen) atoms. The van der Waals surface area contributed by atoms with Crippen LogP contribution in [0.5, 0.6) is 0 Å². The molecule has 1 aromatic heterocycles. The first-order valence-corrected chi connectivity index (χ1v) is 22.6. The van der Waals surface area contributed by atoms with Gasteiger partial charge in [0, 0.05) is 40.2 Å². The molecule has 1 atom stereocenters. The summed E-state index contributed by atoms with van der Waals surface area (Å²) in [6.45, 7) is 0.711. The van der Waals surface area contributed by atoms with E-state index in [-0.39, 0.29) is 0 Å². The zero-order chi connectivity index (χ0) is 43.1. The van der Waals surface area contributed by atoms with Crippen molar-refractivity contribution >= 4 is 54.9 Å². The number of nitrogens with zero attached hydrogens (tertiary/aromatic N) is 1. The monoisotopic (exact) mass is 831 g/mol. The molecule has 1 aliphatic rings. The minimum absolute atomic E-state index is 0.296. The second kappa shape index (κ2) is 16.5. The van der Waals surface area contributed by atoms with Crippen LogP contribution in [0.1, 0.15) is 17.9 Å². The molecule has 2 nitrogen and oxygen atoms in total. The standard InChI is InChI=1S/C63H45NO/c1-2-14-47(15-3-1)57-37-34-55(54-31-29-45-13-5-7-17-50(45)40-54)41-60(57)64(56-35-32-48(33-36-56)58-21-11-23-62-63(58)59-20-8-9-22-61(59)65-62)42-43-24-26-46(27-25-43)51-18-10-19-52(38-51)53-30-28-44-12-4-6-16-49(44)39-53/h1-26,28-41,46H,27,42H2. The van der Waals surface area contributed by atoms with Gasteiger partial charge < -0.3 is 9.32 Å². The topological polar surface area (TPSA) is 16.4 Å². The van der Waals surface area contributed by atoms with E-state index in [1.165, 1.54) is 71.6 Å². The summed E-state index contributed by atoms with van der Waals surface area (Å²) in [6.07, 6.45) is 8.16. The van der Waals surface area contributed by atoms with E-state index in [0.29, 0.717) is 12.5 Å². The summed E-state index contributed by atoms with van der Waals surface area (Å²) in [5.74, 6) is 0.296. The minimum Gasteiger partial charge on any atom is -0.456 e. The van der Waals surface area contributed by atoms with Crippen LogP contribution in [-0.4, -0.2) is 6.54 Å². The molecule has 1 aliphatic carbocycles. The number of hydrogen-bond acceptors (Lipinski definition) is 2. The van der Waals surface area contributed by atoms with Crippen molar-refractivity contribution in [2.45, 2.75) is 12.3 Å². The summed E-state index contributed by atoms with van der Waals surface area (Å²) in [5, 5.41) is 7.30. The third-order valence-electron chi connectivity index (χ3n) is 13.3. The summed E-state index contributed by atoms with van der Waals surface area (Å²) in [6, 6.07) is 81.6. The van der Waals surface area contributed by atoms with E-state index in [2.05, 4.69) is 242 Å². The fraction of sp³-hybridized carbons (Fsp3) is 0.0476. The molecule has 0 radical (unpaired) electrons. The van der Waals surface area contributed by atoms with E-state index in [1.54, 1.807) is 0 Å². The predicted octanol–water partition coefficient (Wildman–Crippen LogP) is 17.4. The zero-order valence-electron chi connectivity index (χ0n) is 35.9. The fourth-order valence-corrected chi connectivity index (χ4v) is 9.85. The Bertz CT molecular complexity index is 3610. The van der Waals surface area contributed by atoms with Crippen LogP contribution in [0.25, 0.3) is 88.0 Å². The van der Waals surface area contributed by atoms with Crippen molar-refractivity contribution in [3.05, 3.63) is 254 Å². The molecule has 0 N–H and O–H groups in total. The Labute approximate surface area is 379 Å². The fourth-order valence-electron chi connectivity index (χ4n) is 9.85. The number of benzene rings is 10. The Morgan fingerprint density at radius 3 is 1.75 bits per heavy atom. The van der Waals surface area contributed by atoms with Gasteiger partial charge in [-0.05, 0) is 121 Å². The summed E-state index contributed by atoms with van der Waals surface area (Å²) in [5.41, 5.74) is 16.3. The first-order chi connectivity index (χ1) is 32.2. The molecular formula is C63H45NO. The van der Waals surface area contributed by atoms with E-state index in [0.717, 1.165) is 45.3 Å². The molecule has 1 heterocycles. The average Bonchev–Trinajstić information content (AvgIpc) is 3.77. The molecule has 10 aromatic carbocycles. The van der Waals surface area contributed by atoms with Gasteiger partial charge in [0.25, 0.3) is 0 Å².